The van der Waals surface area contributed by atoms with Gasteiger partial charge < -0.3 is 10.6 Å². The van der Waals surface area contributed by atoms with Crippen molar-refractivity contribution in [1.82, 2.24) is 15.5 Å². The summed E-state index contributed by atoms with van der Waals surface area (Å²) in [5, 5.41) is 9.96. The predicted molar refractivity (Wildman–Crippen MR) is 118 cm³/mol. The Morgan fingerprint density at radius 2 is 2.33 bits per heavy atom. The molecule has 4 nitrogen and oxygen atoms in total. The molecule has 7 heteroatoms. The highest BCUT2D eigenvalue weighted by atomic mass is 127. The summed E-state index contributed by atoms with van der Waals surface area (Å²) in [5.74, 6) is 2.26. The Labute approximate surface area is 171 Å². The van der Waals surface area contributed by atoms with Gasteiger partial charge in [0, 0.05) is 49.4 Å². The number of hydrogen-bond donors (Lipinski definition) is 2. The number of nitrogens with one attached hydrogen (secondary N) is 2. The molecule has 0 bridgehead atoms. The van der Waals surface area contributed by atoms with Crippen molar-refractivity contribution >= 4 is 53.0 Å². The van der Waals surface area contributed by atoms with E-state index < -0.39 is 0 Å². The first-order valence-electron chi connectivity index (χ1n) is 8.61. The highest BCUT2D eigenvalue weighted by Crippen LogP contribution is 2.25. The maximum Gasteiger partial charge on any atom is 0.191 e. The van der Waals surface area contributed by atoms with Gasteiger partial charge in [0.2, 0.25) is 0 Å². The van der Waals surface area contributed by atoms with Crippen LogP contribution in [0.3, 0.4) is 0 Å². The second-order valence-corrected chi connectivity index (χ2v) is 8.82. The summed E-state index contributed by atoms with van der Waals surface area (Å²) in [7, 11) is 1.86. The van der Waals surface area contributed by atoms with Gasteiger partial charge in [-0.2, -0.15) is 11.8 Å². The molecule has 0 aromatic carbocycles. The number of nitrogens with zero attached hydrogens (tertiary/aromatic N) is 2. The molecule has 0 amide bonds. The van der Waals surface area contributed by atoms with E-state index in [1.807, 2.05) is 18.4 Å². The van der Waals surface area contributed by atoms with Gasteiger partial charge in [-0.1, -0.05) is 0 Å². The van der Waals surface area contributed by atoms with E-state index in [-0.39, 0.29) is 24.0 Å². The average molecular weight is 480 g/mol. The second kappa shape index (κ2) is 10.2. The molecule has 3 heterocycles. The van der Waals surface area contributed by atoms with Gasteiger partial charge in [0.05, 0.1) is 0 Å². The standard InChI is InChI=1S/C17H28N4S2.HI/c1-13(21-7-5-16-14(12-21)6-9-23-16)10-19-17(18-2)20-11-15-4-3-8-22-15;/h6,9,13,15H,3-5,7-8,10-12H2,1-2H3,(H2,18,19,20);1H. The van der Waals surface area contributed by atoms with Crippen LogP contribution in [0.15, 0.2) is 16.4 Å². The van der Waals surface area contributed by atoms with Crippen LogP contribution in [-0.2, 0) is 13.0 Å². The zero-order valence-electron chi connectivity index (χ0n) is 14.6. The number of rotatable bonds is 5. The van der Waals surface area contributed by atoms with Gasteiger partial charge >= 0.3 is 0 Å². The summed E-state index contributed by atoms with van der Waals surface area (Å²) < 4.78 is 0. The van der Waals surface area contributed by atoms with Crippen LogP contribution >= 0.6 is 47.1 Å². The molecule has 2 unspecified atom stereocenters. The Hall–Kier alpha value is 0.01000. The predicted octanol–water partition coefficient (Wildman–Crippen LogP) is 3.17. The van der Waals surface area contributed by atoms with Crippen LogP contribution in [0.4, 0.5) is 0 Å². The minimum Gasteiger partial charge on any atom is -0.355 e. The van der Waals surface area contributed by atoms with Gasteiger partial charge in [0.1, 0.15) is 0 Å². The molecule has 0 aliphatic carbocycles. The normalized spacial score (nSPS) is 22.6. The molecule has 0 spiro atoms. The SMILES string of the molecule is CN=C(NCC1CCCS1)NCC(C)N1CCc2sccc2C1.I. The molecule has 1 aromatic rings. The number of guanidine groups is 1. The van der Waals surface area contributed by atoms with Crippen molar-refractivity contribution in [2.75, 3.05) is 32.4 Å². The van der Waals surface area contributed by atoms with Crippen molar-refractivity contribution in [3.05, 3.63) is 21.9 Å². The molecule has 1 saturated heterocycles. The van der Waals surface area contributed by atoms with Crippen LogP contribution in [0.5, 0.6) is 0 Å². The van der Waals surface area contributed by atoms with E-state index in [9.17, 15) is 0 Å². The van der Waals surface area contributed by atoms with E-state index >= 15 is 0 Å². The lowest BCUT2D eigenvalue weighted by atomic mass is 10.1. The molecule has 0 saturated carbocycles. The van der Waals surface area contributed by atoms with Crippen LogP contribution in [-0.4, -0.2) is 54.6 Å². The fourth-order valence-corrected chi connectivity index (χ4v) is 5.35. The quantitative estimate of drug-likeness (QED) is 0.386. The first kappa shape index (κ1) is 20.3. The molecular formula is C17H29IN4S2. The van der Waals surface area contributed by atoms with Gasteiger partial charge in [-0.3, -0.25) is 9.89 Å². The third-order valence-electron chi connectivity index (χ3n) is 4.77. The summed E-state index contributed by atoms with van der Waals surface area (Å²) in [5.41, 5.74) is 1.52. The van der Waals surface area contributed by atoms with Crippen molar-refractivity contribution in [3.63, 3.8) is 0 Å². The molecule has 2 aliphatic rings. The zero-order chi connectivity index (χ0) is 16.1. The summed E-state index contributed by atoms with van der Waals surface area (Å²) in [4.78, 5) is 8.51. The van der Waals surface area contributed by atoms with Crippen LogP contribution < -0.4 is 10.6 Å². The average Bonchev–Trinajstić information content (AvgIpc) is 3.25. The third-order valence-corrected chi connectivity index (χ3v) is 7.19. The van der Waals surface area contributed by atoms with Crippen molar-refractivity contribution in [3.8, 4) is 0 Å². The fraction of sp³-hybridized carbons (Fsp3) is 0.706. The van der Waals surface area contributed by atoms with E-state index in [2.05, 4.69) is 50.7 Å². The molecule has 0 radical (unpaired) electrons. The number of hydrogen-bond acceptors (Lipinski definition) is 4. The van der Waals surface area contributed by atoms with E-state index in [1.54, 1.807) is 4.88 Å². The van der Waals surface area contributed by atoms with Crippen LogP contribution in [0, 0.1) is 0 Å². The van der Waals surface area contributed by atoms with E-state index in [4.69, 9.17) is 0 Å². The fourth-order valence-electron chi connectivity index (χ4n) is 3.26. The summed E-state index contributed by atoms with van der Waals surface area (Å²) in [6.07, 6.45) is 3.89. The minimum absolute atomic E-state index is 0. The monoisotopic (exact) mass is 480 g/mol. The lowest BCUT2D eigenvalue weighted by Crippen LogP contribution is -2.47. The molecule has 2 aliphatic heterocycles. The van der Waals surface area contributed by atoms with Gasteiger partial charge in [-0.15, -0.1) is 35.3 Å². The van der Waals surface area contributed by atoms with Gasteiger partial charge in [-0.25, -0.2) is 0 Å². The summed E-state index contributed by atoms with van der Waals surface area (Å²) in [6.45, 7) is 6.54. The Balaban J connectivity index is 0.00000208. The molecule has 1 fully saturated rings. The van der Waals surface area contributed by atoms with Gasteiger partial charge in [-0.05, 0) is 48.9 Å². The van der Waals surface area contributed by atoms with Crippen molar-refractivity contribution in [2.45, 2.75) is 44.0 Å². The molecular weight excluding hydrogens is 451 g/mol. The van der Waals surface area contributed by atoms with Crippen molar-refractivity contribution in [2.24, 2.45) is 4.99 Å². The Kier molecular flexibility index (Phi) is 8.66. The van der Waals surface area contributed by atoms with Crippen molar-refractivity contribution in [1.29, 1.82) is 0 Å². The number of aliphatic imine (C=N–C) groups is 1. The topological polar surface area (TPSA) is 39.7 Å². The van der Waals surface area contributed by atoms with E-state index in [0.29, 0.717) is 6.04 Å². The molecule has 136 valence electrons. The molecule has 2 atom stereocenters. The lowest BCUT2D eigenvalue weighted by molar-refractivity contribution is 0.192. The molecule has 3 rings (SSSR count). The zero-order valence-corrected chi connectivity index (χ0v) is 18.5. The molecule has 1 aromatic heterocycles. The smallest absolute Gasteiger partial charge is 0.191 e. The third kappa shape index (κ3) is 5.51. The van der Waals surface area contributed by atoms with E-state index in [1.165, 1.54) is 37.1 Å². The van der Waals surface area contributed by atoms with Gasteiger partial charge in [0.25, 0.3) is 0 Å². The first-order chi connectivity index (χ1) is 11.3. The summed E-state index contributed by atoms with van der Waals surface area (Å²) >= 11 is 3.99. The maximum atomic E-state index is 4.36. The minimum atomic E-state index is 0. The maximum absolute atomic E-state index is 4.36. The number of thiophene rings is 1. The van der Waals surface area contributed by atoms with Crippen LogP contribution in [0.25, 0.3) is 0 Å². The van der Waals surface area contributed by atoms with Crippen molar-refractivity contribution < 1.29 is 0 Å². The largest absolute Gasteiger partial charge is 0.355 e. The Bertz CT molecular complexity index is 528. The number of thioether (sulfide) groups is 1. The van der Waals surface area contributed by atoms with E-state index in [0.717, 1.165) is 30.8 Å². The van der Waals surface area contributed by atoms with Crippen LogP contribution in [0.1, 0.15) is 30.2 Å². The first-order valence-corrected chi connectivity index (χ1v) is 10.5. The van der Waals surface area contributed by atoms with Gasteiger partial charge in [0.15, 0.2) is 5.96 Å². The molecule has 2 N–H and O–H groups in total. The lowest BCUT2D eigenvalue weighted by Gasteiger charge is -2.32. The second-order valence-electron chi connectivity index (χ2n) is 6.41. The highest BCUT2D eigenvalue weighted by Gasteiger charge is 2.21. The Morgan fingerprint density at radius 1 is 1.46 bits per heavy atom. The Morgan fingerprint density at radius 3 is 3.08 bits per heavy atom. The molecule has 24 heavy (non-hydrogen) atoms. The summed E-state index contributed by atoms with van der Waals surface area (Å²) in [6, 6.07) is 2.80. The number of fused-ring (bicyclic) bond motifs is 1. The number of halogens is 1. The highest BCUT2D eigenvalue weighted by molar-refractivity contribution is 14.0. The van der Waals surface area contributed by atoms with Crippen LogP contribution in [0.2, 0.25) is 0 Å².